The molecule has 3 aromatic rings. The van der Waals surface area contributed by atoms with Gasteiger partial charge in [0.15, 0.2) is 11.5 Å². The first-order valence-electron chi connectivity index (χ1n) is 8.83. The Morgan fingerprint density at radius 1 is 0.964 bits per heavy atom. The van der Waals surface area contributed by atoms with Crippen molar-refractivity contribution in [2.75, 3.05) is 36.4 Å². The van der Waals surface area contributed by atoms with Crippen molar-refractivity contribution in [2.24, 2.45) is 0 Å². The molecule has 4 rings (SSSR count). The number of benzene rings is 2. The largest absolute Gasteiger partial charge is 0.368 e. The predicted octanol–water partition coefficient (Wildman–Crippen LogP) is 3.82. The molecule has 28 heavy (non-hydrogen) atoms. The molecule has 0 atom stereocenters. The number of nitrogens with one attached hydrogen (secondary N) is 2. The molecule has 1 aromatic heterocycles. The number of aromatic amines is 1. The van der Waals surface area contributed by atoms with E-state index >= 15 is 0 Å². The minimum absolute atomic E-state index is 0.163. The molecule has 2 N–H and O–H groups in total. The van der Waals surface area contributed by atoms with Crippen molar-refractivity contribution in [3.05, 3.63) is 64.3 Å². The molecular weight excluding hydrogens is 399 g/mol. The number of carbonyl (C=O) groups is 1. The Morgan fingerprint density at radius 3 is 2.39 bits per heavy atom. The van der Waals surface area contributed by atoms with E-state index in [0.29, 0.717) is 29.0 Å². The lowest BCUT2D eigenvalue weighted by Gasteiger charge is -2.35. The first-order valence-corrected chi connectivity index (χ1v) is 9.59. The number of H-pyrrole nitrogens is 1. The molecule has 9 heteroatoms. The van der Waals surface area contributed by atoms with Crippen LogP contribution in [0.2, 0.25) is 10.0 Å². The maximum atomic E-state index is 12.9. The Balaban J connectivity index is 1.43. The average molecular weight is 417 g/mol. The first-order chi connectivity index (χ1) is 13.6. The summed E-state index contributed by atoms with van der Waals surface area (Å²) in [4.78, 5) is 16.9. The van der Waals surface area contributed by atoms with Crippen LogP contribution in [0.4, 0.5) is 17.2 Å². The van der Waals surface area contributed by atoms with Gasteiger partial charge in [-0.15, -0.1) is 10.2 Å². The highest BCUT2D eigenvalue weighted by Crippen LogP contribution is 2.23. The Kier molecular flexibility index (Phi) is 5.36. The van der Waals surface area contributed by atoms with Crippen molar-refractivity contribution in [2.45, 2.75) is 0 Å². The van der Waals surface area contributed by atoms with E-state index < -0.39 is 0 Å². The molecule has 2 aromatic carbocycles. The van der Waals surface area contributed by atoms with Crippen LogP contribution in [0.15, 0.2) is 48.5 Å². The zero-order valence-electron chi connectivity index (χ0n) is 14.9. The second kappa shape index (κ2) is 8.08. The smallest absolute Gasteiger partial charge is 0.278 e. The van der Waals surface area contributed by atoms with Crippen molar-refractivity contribution in [1.29, 1.82) is 0 Å². The topological polar surface area (TPSA) is 77.1 Å². The van der Waals surface area contributed by atoms with E-state index in [0.717, 1.165) is 24.5 Å². The zero-order chi connectivity index (χ0) is 19.5. The number of anilines is 3. The lowest BCUT2D eigenvalue weighted by Crippen LogP contribution is -2.49. The van der Waals surface area contributed by atoms with Crippen LogP contribution >= 0.6 is 23.2 Å². The van der Waals surface area contributed by atoms with Gasteiger partial charge in [0, 0.05) is 47.6 Å². The van der Waals surface area contributed by atoms with Crippen LogP contribution in [-0.4, -0.2) is 52.4 Å². The summed E-state index contributed by atoms with van der Waals surface area (Å²) in [7, 11) is 0. The summed E-state index contributed by atoms with van der Waals surface area (Å²) in [6, 6.07) is 14.9. The van der Waals surface area contributed by atoms with Crippen LogP contribution in [0.1, 0.15) is 10.5 Å². The Morgan fingerprint density at radius 2 is 1.68 bits per heavy atom. The second-order valence-electron chi connectivity index (χ2n) is 6.42. The second-order valence-corrected chi connectivity index (χ2v) is 7.29. The number of piperazine rings is 1. The van der Waals surface area contributed by atoms with Crippen LogP contribution in [0, 0.1) is 0 Å². The summed E-state index contributed by atoms with van der Waals surface area (Å²) in [6.07, 6.45) is 0. The molecule has 1 amide bonds. The van der Waals surface area contributed by atoms with Gasteiger partial charge in [-0.2, -0.15) is 5.21 Å². The molecular formula is C19H18Cl2N6O. The van der Waals surface area contributed by atoms with Gasteiger partial charge in [0.2, 0.25) is 0 Å². The van der Waals surface area contributed by atoms with Gasteiger partial charge in [-0.1, -0.05) is 35.3 Å². The third kappa shape index (κ3) is 4.05. The summed E-state index contributed by atoms with van der Waals surface area (Å²) >= 11 is 12.1. The number of amides is 1. The Labute approximate surface area is 172 Å². The number of carbonyl (C=O) groups excluding carboxylic acids is 1. The minimum atomic E-state index is -0.163. The molecule has 1 saturated heterocycles. The lowest BCUT2D eigenvalue weighted by atomic mass is 10.2. The molecule has 144 valence electrons. The van der Waals surface area contributed by atoms with E-state index in [9.17, 15) is 4.79 Å². The van der Waals surface area contributed by atoms with Gasteiger partial charge in [-0.05, 0) is 36.4 Å². The van der Waals surface area contributed by atoms with Crippen LogP contribution in [0.5, 0.6) is 0 Å². The van der Waals surface area contributed by atoms with Crippen LogP contribution < -0.4 is 10.2 Å². The summed E-state index contributed by atoms with van der Waals surface area (Å²) < 4.78 is 0. The highest BCUT2D eigenvalue weighted by Gasteiger charge is 2.26. The molecule has 2 heterocycles. The minimum Gasteiger partial charge on any atom is -0.368 e. The molecule has 0 spiro atoms. The molecule has 1 aliphatic heterocycles. The van der Waals surface area contributed by atoms with Gasteiger partial charge in [0.25, 0.3) is 5.91 Å². The van der Waals surface area contributed by atoms with Crippen LogP contribution in [0.3, 0.4) is 0 Å². The normalized spacial score (nSPS) is 14.2. The number of halogens is 2. The van der Waals surface area contributed by atoms with Gasteiger partial charge in [-0.3, -0.25) is 4.79 Å². The summed E-state index contributed by atoms with van der Waals surface area (Å²) in [5.74, 6) is 0.216. The summed E-state index contributed by atoms with van der Waals surface area (Å²) in [6.45, 7) is 2.63. The van der Waals surface area contributed by atoms with Crippen molar-refractivity contribution in [3.63, 3.8) is 0 Å². The lowest BCUT2D eigenvalue weighted by molar-refractivity contribution is 0.0742. The SMILES string of the molecule is O=C(c1n[nH]nc1Nc1cccc(Cl)c1)N1CCN(c2cccc(Cl)c2)CC1. The molecule has 0 saturated carbocycles. The molecule has 0 bridgehead atoms. The standard InChI is InChI=1S/C19H18Cl2N6O/c20-13-3-1-5-15(11-13)22-18-17(23-25-24-18)19(28)27-9-7-26(8-10-27)16-6-2-4-14(21)12-16/h1-6,11-12H,7-10H2,(H2,22,23,24,25). The third-order valence-electron chi connectivity index (χ3n) is 4.58. The van der Waals surface area contributed by atoms with Crippen molar-refractivity contribution >= 4 is 46.3 Å². The maximum Gasteiger partial charge on any atom is 0.278 e. The fourth-order valence-corrected chi connectivity index (χ4v) is 3.54. The van der Waals surface area contributed by atoms with E-state index in [1.54, 1.807) is 17.0 Å². The van der Waals surface area contributed by atoms with E-state index in [2.05, 4.69) is 25.6 Å². The number of nitrogens with zero attached hydrogens (tertiary/aromatic N) is 4. The van der Waals surface area contributed by atoms with Gasteiger partial charge >= 0.3 is 0 Å². The van der Waals surface area contributed by atoms with Crippen molar-refractivity contribution in [3.8, 4) is 0 Å². The van der Waals surface area contributed by atoms with Gasteiger partial charge < -0.3 is 15.1 Å². The molecule has 1 fully saturated rings. The fraction of sp³-hybridized carbons (Fsp3) is 0.211. The summed E-state index contributed by atoms with van der Waals surface area (Å²) in [5, 5.41) is 15.0. The predicted molar refractivity (Wildman–Crippen MR) is 111 cm³/mol. The highest BCUT2D eigenvalue weighted by molar-refractivity contribution is 6.31. The first kappa shape index (κ1) is 18.6. The van der Waals surface area contributed by atoms with Gasteiger partial charge in [-0.25, -0.2) is 0 Å². The zero-order valence-corrected chi connectivity index (χ0v) is 16.4. The summed E-state index contributed by atoms with van der Waals surface area (Å²) in [5.41, 5.74) is 2.06. The fourth-order valence-electron chi connectivity index (χ4n) is 3.16. The quantitative estimate of drug-likeness (QED) is 0.675. The maximum absolute atomic E-state index is 12.9. The van der Waals surface area contributed by atoms with E-state index in [-0.39, 0.29) is 11.6 Å². The van der Waals surface area contributed by atoms with Crippen molar-refractivity contribution in [1.82, 2.24) is 20.3 Å². The Bertz CT molecular complexity index is 984. The average Bonchev–Trinajstić information content (AvgIpc) is 3.15. The molecule has 0 unspecified atom stereocenters. The number of hydrogen-bond donors (Lipinski definition) is 2. The molecule has 7 nitrogen and oxygen atoms in total. The number of hydrogen-bond acceptors (Lipinski definition) is 5. The highest BCUT2D eigenvalue weighted by atomic mass is 35.5. The number of aromatic nitrogens is 3. The molecule has 1 aliphatic rings. The van der Waals surface area contributed by atoms with Crippen LogP contribution in [-0.2, 0) is 0 Å². The monoisotopic (exact) mass is 416 g/mol. The van der Waals surface area contributed by atoms with Gasteiger partial charge in [0.05, 0.1) is 0 Å². The Hall–Kier alpha value is -2.77. The van der Waals surface area contributed by atoms with Gasteiger partial charge in [0.1, 0.15) is 0 Å². The molecule has 0 aliphatic carbocycles. The van der Waals surface area contributed by atoms with Crippen molar-refractivity contribution < 1.29 is 4.79 Å². The van der Waals surface area contributed by atoms with Crippen LogP contribution in [0.25, 0.3) is 0 Å². The number of rotatable bonds is 4. The van der Waals surface area contributed by atoms with E-state index in [1.165, 1.54) is 0 Å². The third-order valence-corrected chi connectivity index (χ3v) is 5.05. The van der Waals surface area contributed by atoms with E-state index in [4.69, 9.17) is 23.2 Å². The molecule has 0 radical (unpaired) electrons. The van der Waals surface area contributed by atoms with E-state index in [1.807, 2.05) is 36.4 Å².